The second-order valence-corrected chi connectivity index (χ2v) is 14.6. The minimum atomic E-state index is -0.601. The fourth-order valence-corrected chi connectivity index (χ4v) is 8.49. The van der Waals surface area contributed by atoms with Crippen LogP contribution in [0.4, 0.5) is 15.8 Å². The Morgan fingerprint density at radius 3 is 2.35 bits per heavy atom. The number of ether oxygens (including phenoxy) is 2. The van der Waals surface area contributed by atoms with Crippen LogP contribution < -0.4 is 15.2 Å². The van der Waals surface area contributed by atoms with E-state index in [1.807, 2.05) is 26.0 Å². The lowest BCUT2D eigenvalue weighted by atomic mass is 9.92. The number of anilines is 1. The van der Waals surface area contributed by atoms with Gasteiger partial charge in [-0.1, -0.05) is 13.8 Å². The quantitative estimate of drug-likeness (QED) is 0.204. The first-order valence-electron chi connectivity index (χ1n) is 17.9. The molecule has 0 atom stereocenters. The molecule has 4 fully saturated rings. The van der Waals surface area contributed by atoms with Crippen LogP contribution in [0.3, 0.4) is 0 Å². The van der Waals surface area contributed by atoms with Crippen molar-refractivity contribution in [3.05, 3.63) is 68.5 Å². The fourth-order valence-electron chi connectivity index (χ4n) is 7.43. The normalized spacial score (nSPS) is 20.5. The van der Waals surface area contributed by atoms with Crippen LogP contribution in [-0.4, -0.2) is 101 Å². The van der Waals surface area contributed by atoms with Gasteiger partial charge in [0.1, 0.15) is 22.8 Å². The molecule has 0 saturated carbocycles. The topological polar surface area (TPSA) is 117 Å². The molecule has 0 aliphatic carbocycles. The lowest BCUT2D eigenvalue weighted by Gasteiger charge is -2.52. The van der Waals surface area contributed by atoms with Crippen LogP contribution >= 0.6 is 11.8 Å². The Labute approximate surface area is 291 Å². The van der Waals surface area contributed by atoms with Crippen LogP contribution in [0.5, 0.6) is 5.75 Å². The molecule has 0 spiro atoms. The fraction of sp³-hybridized carbons (Fsp3) is 0.611. The molecule has 49 heavy (non-hydrogen) atoms. The molecule has 1 N–H and O–H groups in total. The van der Waals surface area contributed by atoms with Gasteiger partial charge in [-0.2, -0.15) is 11.8 Å². The molecular weight excluding hydrogens is 647 g/mol. The Morgan fingerprint density at radius 2 is 1.67 bits per heavy atom. The number of aromatic amines is 1. The summed E-state index contributed by atoms with van der Waals surface area (Å²) in [7, 11) is 0. The number of H-pyrrole nitrogens is 1. The molecule has 2 aromatic carbocycles. The first kappa shape index (κ1) is 35.6. The number of nitrogens with zero attached hydrogens (tertiary/aromatic N) is 5. The number of hydrogen-bond acceptors (Lipinski definition) is 10. The van der Waals surface area contributed by atoms with Gasteiger partial charge in [0.25, 0.3) is 11.2 Å². The number of aromatic nitrogens is 2. The number of piperidine rings is 2. The average molecular weight is 697 g/mol. The molecule has 13 heteroatoms. The number of likely N-dealkylation sites (tertiary alicyclic amines) is 2. The van der Waals surface area contributed by atoms with Gasteiger partial charge < -0.3 is 19.4 Å². The number of halogens is 1. The van der Waals surface area contributed by atoms with Gasteiger partial charge in [-0.3, -0.25) is 24.7 Å². The van der Waals surface area contributed by atoms with Crippen LogP contribution in [0.25, 0.3) is 10.9 Å². The smallest absolute Gasteiger partial charge is 0.269 e. The maximum Gasteiger partial charge on any atom is 0.269 e. The van der Waals surface area contributed by atoms with Crippen molar-refractivity contribution in [1.29, 1.82) is 0 Å². The second kappa shape index (κ2) is 16.6. The highest BCUT2D eigenvalue weighted by Gasteiger charge is 2.38. The molecule has 1 aromatic heterocycles. The van der Waals surface area contributed by atoms with Crippen LogP contribution in [0.1, 0.15) is 58.2 Å². The maximum absolute atomic E-state index is 15.0. The third kappa shape index (κ3) is 8.73. The molecule has 4 saturated heterocycles. The van der Waals surface area contributed by atoms with Gasteiger partial charge in [0, 0.05) is 86.7 Å². The van der Waals surface area contributed by atoms with Crippen molar-refractivity contribution in [2.24, 2.45) is 5.92 Å². The van der Waals surface area contributed by atoms with Crippen molar-refractivity contribution < 1.29 is 18.8 Å². The summed E-state index contributed by atoms with van der Waals surface area (Å²) in [6.45, 7) is 12.3. The maximum atomic E-state index is 15.0. The summed E-state index contributed by atoms with van der Waals surface area (Å²) in [4.78, 5) is 38.2. The van der Waals surface area contributed by atoms with Crippen LogP contribution in [0, 0.1) is 21.8 Å². The third-order valence-electron chi connectivity index (χ3n) is 10.4. The van der Waals surface area contributed by atoms with Gasteiger partial charge in [0.05, 0.1) is 22.8 Å². The van der Waals surface area contributed by atoms with Gasteiger partial charge in [-0.15, -0.1) is 0 Å². The standard InChI is InChI=1S/C34H43FN6O5S.C2H6/c35-30-17-28(18-31-33(30)34(42)37-32(36-31)22-47-29-9-15-45-16-10-29)46-21-23-5-11-39(12-6-23)27-19-40(20-27)25-7-13-38(14-8-25)24-1-3-26(4-2-24)41(43)44;1-2/h1-4,17-18,23,25,27,29H,5-16,19-22H2,(H,36,37,42);1-2H3. The summed E-state index contributed by atoms with van der Waals surface area (Å²) in [5.41, 5.74) is 1.09. The molecule has 0 bridgehead atoms. The van der Waals surface area contributed by atoms with E-state index in [0.29, 0.717) is 52.7 Å². The summed E-state index contributed by atoms with van der Waals surface area (Å²) in [5.74, 6) is 1.36. The molecule has 11 nitrogen and oxygen atoms in total. The van der Waals surface area contributed by atoms with E-state index in [1.165, 1.54) is 6.07 Å². The number of fused-ring (bicyclic) bond motifs is 1. The van der Waals surface area contributed by atoms with E-state index < -0.39 is 11.4 Å². The van der Waals surface area contributed by atoms with Gasteiger partial charge in [-0.25, -0.2) is 9.37 Å². The SMILES string of the molecule is CC.O=c1[nH]c(CSC2CCOCC2)nc2cc(OCC3CCN(C4CN(C5CCN(c6ccc([N+](=O)[O-])cc6)CC5)C4)CC3)cc(F)c12. The first-order valence-corrected chi connectivity index (χ1v) is 19.0. The van der Waals surface area contributed by atoms with Crippen LogP contribution in [0.15, 0.2) is 41.2 Å². The third-order valence-corrected chi connectivity index (χ3v) is 11.7. The lowest BCUT2D eigenvalue weighted by Crippen LogP contribution is -2.64. The van der Waals surface area contributed by atoms with Crippen molar-refractivity contribution in [2.45, 2.75) is 75.5 Å². The van der Waals surface area contributed by atoms with E-state index in [2.05, 4.69) is 24.7 Å². The van der Waals surface area contributed by atoms with Gasteiger partial charge in [0.2, 0.25) is 0 Å². The van der Waals surface area contributed by atoms with E-state index in [1.54, 1.807) is 30.0 Å². The Morgan fingerprint density at radius 1 is 0.980 bits per heavy atom. The van der Waals surface area contributed by atoms with Crippen molar-refractivity contribution >= 4 is 34.0 Å². The molecule has 266 valence electrons. The largest absolute Gasteiger partial charge is 0.493 e. The van der Waals surface area contributed by atoms with Crippen molar-refractivity contribution in [1.82, 2.24) is 19.8 Å². The predicted octanol–water partition coefficient (Wildman–Crippen LogP) is 5.85. The van der Waals surface area contributed by atoms with Crippen LogP contribution in [-0.2, 0) is 10.5 Å². The molecule has 4 aliphatic heterocycles. The van der Waals surface area contributed by atoms with Crippen molar-refractivity contribution in [2.75, 3.05) is 64.0 Å². The van der Waals surface area contributed by atoms with E-state index >= 15 is 0 Å². The molecule has 0 unspecified atom stereocenters. The Bertz CT molecular complexity index is 1600. The number of nitrogens with one attached hydrogen (secondary N) is 1. The lowest BCUT2D eigenvalue weighted by molar-refractivity contribution is -0.384. The zero-order valence-electron chi connectivity index (χ0n) is 28.7. The van der Waals surface area contributed by atoms with E-state index in [4.69, 9.17) is 9.47 Å². The average Bonchev–Trinajstić information content (AvgIpc) is 3.11. The summed E-state index contributed by atoms with van der Waals surface area (Å²) in [6.07, 6.45) is 6.29. The minimum absolute atomic E-state index is 0.0185. The number of thioether (sulfide) groups is 1. The highest BCUT2D eigenvalue weighted by molar-refractivity contribution is 7.99. The summed E-state index contributed by atoms with van der Waals surface area (Å²) >= 11 is 1.76. The van der Waals surface area contributed by atoms with Crippen molar-refractivity contribution in [3.63, 3.8) is 0 Å². The predicted molar refractivity (Wildman–Crippen MR) is 192 cm³/mol. The van der Waals surface area contributed by atoms with Gasteiger partial charge in [-0.05, 0) is 69.7 Å². The first-order chi connectivity index (χ1) is 23.9. The monoisotopic (exact) mass is 696 g/mol. The number of rotatable bonds is 10. The number of hydrogen-bond donors (Lipinski definition) is 1. The van der Waals surface area contributed by atoms with Crippen molar-refractivity contribution in [3.8, 4) is 5.75 Å². The van der Waals surface area contributed by atoms with Crippen LogP contribution in [0.2, 0.25) is 0 Å². The Balaban J connectivity index is 0.00000205. The number of nitro groups is 1. The molecule has 4 aliphatic rings. The Hall–Kier alpha value is -3.26. The summed E-state index contributed by atoms with van der Waals surface area (Å²) in [5, 5.41) is 11.4. The Kier molecular flexibility index (Phi) is 12.1. The second-order valence-electron chi connectivity index (χ2n) is 13.3. The highest BCUT2D eigenvalue weighted by atomic mass is 32.2. The molecule has 0 amide bonds. The molecule has 3 aromatic rings. The van der Waals surface area contributed by atoms with E-state index in [9.17, 15) is 19.3 Å². The summed E-state index contributed by atoms with van der Waals surface area (Å²) in [6, 6.07) is 11.1. The molecule has 7 rings (SSSR count). The summed E-state index contributed by atoms with van der Waals surface area (Å²) < 4.78 is 26.5. The number of benzene rings is 2. The zero-order valence-corrected chi connectivity index (χ0v) is 29.5. The zero-order chi connectivity index (χ0) is 34.3. The van der Waals surface area contributed by atoms with Gasteiger partial charge >= 0.3 is 0 Å². The molecule has 0 radical (unpaired) electrons. The van der Waals surface area contributed by atoms with Gasteiger partial charge in [0.15, 0.2) is 0 Å². The molecular formula is C36H49FN6O5S. The van der Waals surface area contributed by atoms with E-state index in [-0.39, 0.29) is 16.0 Å². The highest BCUT2D eigenvalue weighted by Crippen LogP contribution is 2.31. The van der Waals surface area contributed by atoms with E-state index in [0.717, 1.165) is 96.7 Å². The number of non-ortho nitro benzene ring substituents is 1. The minimum Gasteiger partial charge on any atom is -0.493 e. The molecule has 5 heterocycles. The number of nitro benzene ring substituents is 1.